The summed E-state index contributed by atoms with van der Waals surface area (Å²) in [6, 6.07) is 8.22. The predicted octanol–water partition coefficient (Wildman–Crippen LogP) is 5.84. The third-order valence-electron chi connectivity index (χ3n) is 5.89. The number of alkyl halides is 8. The van der Waals surface area contributed by atoms with E-state index in [2.05, 4.69) is 14.8 Å². The smallest absolute Gasteiger partial charge is 0.456 e. The fourth-order valence-electron chi connectivity index (χ4n) is 3.61. The van der Waals surface area contributed by atoms with Crippen LogP contribution < -0.4 is 10.3 Å². The molecule has 0 saturated carbocycles. The molecule has 4 aromatic rings. The Hall–Kier alpha value is -4.08. The van der Waals surface area contributed by atoms with Gasteiger partial charge in [0.1, 0.15) is 10.6 Å². The van der Waals surface area contributed by atoms with E-state index in [4.69, 9.17) is 0 Å². The number of fused-ring (bicyclic) bond motifs is 1. The van der Waals surface area contributed by atoms with Gasteiger partial charge in [0.15, 0.2) is 22.3 Å². The quantitative estimate of drug-likeness (QED) is 0.246. The largest absolute Gasteiger partial charge is 0.487 e. The second-order valence-electron chi connectivity index (χ2n) is 8.63. The highest BCUT2D eigenvalue weighted by Gasteiger charge is 2.58. The summed E-state index contributed by atoms with van der Waals surface area (Å²) in [4.78, 5) is 16.7. The van der Waals surface area contributed by atoms with E-state index >= 15 is 0 Å². The summed E-state index contributed by atoms with van der Waals surface area (Å²) >= 11 is 0. The van der Waals surface area contributed by atoms with E-state index in [-0.39, 0.29) is 27.6 Å². The summed E-state index contributed by atoms with van der Waals surface area (Å²) in [5.41, 5.74) is -1.76. The predicted molar refractivity (Wildman–Crippen MR) is 130 cm³/mol. The molecule has 0 fully saturated rings. The number of sulfone groups is 1. The van der Waals surface area contributed by atoms with E-state index in [0.717, 1.165) is 42.7 Å². The van der Waals surface area contributed by atoms with Gasteiger partial charge in [0.05, 0.1) is 22.9 Å². The Morgan fingerprint density at radius 1 is 0.878 bits per heavy atom. The van der Waals surface area contributed by atoms with Gasteiger partial charge in [0.25, 0.3) is 5.56 Å². The van der Waals surface area contributed by atoms with E-state index in [0.29, 0.717) is 10.7 Å². The maximum absolute atomic E-state index is 13.2. The van der Waals surface area contributed by atoms with Gasteiger partial charge in [-0.2, -0.15) is 44.9 Å². The molecule has 0 aliphatic heterocycles. The molecule has 7 nitrogen and oxygen atoms in total. The normalized spacial score (nSPS) is 13.0. The van der Waals surface area contributed by atoms with Gasteiger partial charge in [0.2, 0.25) is 0 Å². The second kappa shape index (κ2) is 10.4. The third kappa shape index (κ3) is 6.01. The average Bonchev–Trinajstić information content (AvgIpc) is 2.91. The van der Waals surface area contributed by atoms with E-state index in [1.54, 1.807) is 0 Å². The van der Waals surface area contributed by atoms with Crippen LogP contribution >= 0.6 is 0 Å². The zero-order chi connectivity index (χ0) is 30.4. The summed E-state index contributed by atoms with van der Waals surface area (Å²) in [7, 11) is -4.11. The number of pyridine rings is 1. The van der Waals surface area contributed by atoms with E-state index < -0.39 is 62.3 Å². The molecule has 0 N–H and O–H groups in total. The number of nitrogens with zero attached hydrogens (tertiary/aromatic N) is 3. The van der Waals surface area contributed by atoms with Gasteiger partial charge < -0.3 is 4.74 Å². The molecule has 0 unspecified atom stereocenters. The molecule has 2 heterocycles. The third-order valence-corrected chi connectivity index (χ3v) is 7.62. The molecule has 0 radical (unpaired) electrons. The van der Waals surface area contributed by atoms with Crippen LogP contribution in [0.15, 0.2) is 70.6 Å². The minimum Gasteiger partial charge on any atom is -0.487 e. The fraction of sp³-hybridized carbons (Fsp3) is 0.240. The topological polar surface area (TPSA) is 91.2 Å². The van der Waals surface area contributed by atoms with Crippen LogP contribution in [0, 0.1) is 0 Å². The van der Waals surface area contributed by atoms with Crippen molar-refractivity contribution in [2.75, 3.05) is 12.4 Å². The maximum Gasteiger partial charge on any atom is 0.456 e. The van der Waals surface area contributed by atoms with Crippen molar-refractivity contribution in [1.82, 2.24) is 14.8 Å². The molecule has 16 heteroatoms. The van der Waals surface area contributed by atoms with Gasteiger partial charge in [-0.3, -0.25) is 4.79 Å². The highest BCUT2D eigenvalue weighted by molar-refractivity contribution is 7.91. The van der Waals surface area contributed by atoms with Crippen molar-refractivity contribution >= 4 is 20.6 Å². The Bertz CT molecular complexity index is 1770. The van der Waals surface area contributed by atoms with E-state index in [1.165, 1.54) is 19.1 Å². The van der Waals surface area contributed by atoms with Crippen molar-refractivity contribution in [2.45, 2.75) is 30.1 Å². The molecule has 4 rings (SSSR count). The Kier molecular flexibility index (Phi) is 7.58. The number of halogens is 8. The zero-order valence-corrected chi connectivity index (χ0v) is 21.4. The van der Waals surface area contributed by atoms with Crippen LogP contribution in [-0.2, 0) is 16.0 Å². The lowest BCUT2D eigenvalue weighted by atomic mass is 10.1. The molecule has 0 atom stereocenters. The Morgan fingerprint density at radius 3 is 2.12 bits per heavy atom. The van der Waals surface area contributed by atoms with Crippen LogP contribution in [0.4, 0.5) is 35.1 Å². The maximum atomic E-state index is 13.2. The molecule has 0 saturated heterocycles. The van der Waals surface area contributed by atoms with Gasteiger partial charge >= 0.3 is 18.3 Å². The lowest BCUT2D eigenvalue weighted by Crippen LogP contribution is -2.41. The Morgan fingerprint density at radius 2 is 1.54 bits per heavy atom. The lowest BCUT2D eigenvalue weighted by molar-refractivity contribution is -0.290. The van der Waals surface area contributed by atoms with Crippen molar-refractivity contribution in [3.05, 3.63) is 76.8 Å². The minimum absolute atomic E-state index is 0.0751. The average molecular weight is 607 g/mol. The van der Waals surface area contributed by atoms with Crippen molar-refractivity contribution in [2.24, 2.45) is 0 Å². The SMILES string of the molecule is CCS(=O)(=O)c1cc(-c2ccc(OCC(F)(F)C(F)(F)F)cc2)cnc1-n1ncc2ccc(C(F)(F)F)cc2c1=O. The van der Waals surface area contributed by atoms with Gasteiger partial charge in [-0.1, -0.05) is 25.1 Å². The molecular weight excluding hydrogens is 590 g/mol. The van der Waals surface area contributed by atoms with Gasteiger partial charge in [-0.05, 0) is 35.9 Å². The molecular formula is C25H17F8N3O4S. The molecule has 0 bridgehead atoms. The molecule has 2 aromatic heterocycles. The molecule has 218 valence electrons. The number of hydrogen-bond acceptors (Lipinski definition) is 6. The summed E-state index contributed by atoms with van der Waals surface area (Å²) in [6.07, 6.45) is -8.34. The molecule has 0 amide bonds. The van der Waals surface area contributed by atoms with Crippen LogP contribution in [0.1, 0.15) is 12.5 Å². The molecule has 41 heavy (non-hydrogen) atoms. The van der Waals surface area contributed by atoms with Gasteiger partial charge in [0, 0.05) is 17.1 Å². The number of aromatic nitrogens is 3. The van der Waals surface area contributed by atoms with Gasteiger partial charge in [-0.15, -0.1) is 0 Å². The van der Waals surface area contributed by atoms with Crippen molar-refractivity contribution in [1.29, 1.82) is 0 Å². The van der Waals surface area contributed by atoms with Crippen LogP contribution in [0.3, 0.4) is 0 Å². The van der Waals surface area contributed by atoms with Crippen LogP contribution in [0.5, 0.6) is 5.75 Å². The van der Waals surface area contributed by atoms with Crippen molar-refractivity contribution < 1.29 is 48.3 Å². The van der Waals surface area contributed by atoms with Crippen molar-refractivity contribution in [3.63, 3.8) is 0 Å². The summed E-state index contributed by atoms with van der Waals surface area (Å²) in [6.45, 7) is -0.649. The Balaban J connectivity index is 1.75. The van der Waals surface area contributed by atoms with E-state index in [1.807, 2.05) is 0 Å². The monoisotopic (exact) mass is 607 g/mol. The Labute approximate surface area is 225 Å². The summed E-state index contributed by atoms with van der Waals surface area (Å²) in [5, 5.41) is 3.58. The number of hydrogen-bond donors (Lipinski definition) is 0. The number of rotatable bonds is 7. The van der Waals surface area contributed by atoms with Crippen LogP contribution in [0.25, 0.3) is 27.7 Å². The van der Waals surface area contributed by atoms with Gasteiger partial charge in [-0.25, -0.2) is 13.4 Å². The van der Waals surface area contributed by atoms with Crippen molar-refractivity contribution in [3.8, 4) is 22.7 Å². The fourth-order valence-corrected chi connectivity index (χ4v) is 4.64. The molecule has 0 spiro atoms. The molecule has 0 aliphatic rings. The molecule has 0 aliphatic carbocycles. The highest BCUT2D eigenvalue weighted by atomic mass is 32.2. The summed E-state index contributed by atoms with van der Waals surface area (Å²) in [5.74, 6) is -6.34. The highest BCUT2D eigenvalue weighted by Crippen LogP contribution is 2.36. The first-order valence-corrected chi connectivity index (χ1v) is 13.1. The second-order valence-corrected chi connectivity index (χ2v) is 10.9. The first-order chi connectivity index (χ1) is 18.9. The first-order valence-electron chi connectivity index (χ1n) is 11.4. The van der Waals surface area contributed by atoms with Crippen LogP contribution in [0.2, 0.25) is 0 Å². The number of benzene rings is 2. The standard InChI is InChI=1S/C25H17F8N3O4S/c1-2-41(38,39)20-9-16(14-4-7-18(8-5-14)40-13-23(26,27)25(31,32)33)11-34-21(20)36-22(37)19-10-17(24(28,29)30)6-3-15(19)12-35-36/h3-12H,2,13H2,1H3. The first kappa shape index (κ1) is 29.9. The van der Waals surface area contributed by atoms with Crippen LogP contribution in [-0.4, -0.2) is 47.6 Å². The lowest BCUT2D eigenvalue weighted by Gasteiger charge is -2.19. The molecule has 2 aromatic carbocycles. The van der Waals surface area contributed by atoms with E-state index in [9.17, 15) is 48.3 Å². The summed E-state index contributed by atoms with van der Waals surface area (Å²) < 4.78 is 134. The number of ether oxygens (including phenoxy) is 1. The zero-order valence-electron chi connectivity index (χ0n) is 20.6. The minimum atomic E-state index is -5.80.